The van der Waals surface area contributed by atoms with E-state index in [9.17, 15) is 16.8 Å². The molecule has 1 fully saturated rings. The molecule has 1 N–H and O–H groups in total. The molecular weight excluding hydrogens is 404 g/mol. The highest BCUT2D eigenvalue weighted by atomic mass is 32.2. The van der Waals surface area contributed by atoms with Crippen LogP contribution in [-0.4, -0.2) is 33.6 Å². The molecule has 0 aliphatic heterocycles. The maximum atomic E-state index is 13.1. The van der Waals surface area contributed by atoms with E-state index in [0.29, 0.717) is 5.00 Å². The van der Waals surface area contributed by atoms with Crippen molar-refractivity contribution in [2.24, 2.45) is 0 Å². The third-order valence-electron chi connectivity index (χ3n) is 4.75. The van der Waals surface area contributed by atoms with Gasteiger partial charge in [-0.1, -0.05) is 55.2 Å². The van der Waals surface area contributed by atoms with Crippen molar-refractivity contribution in [1.82, 2.24) is 4.98 Å². The molecule has 27 heavy (non-hydrogen) atoms. The summed E-state index contributed by atoms with van der Waals surface area (Å²) in [6.07, 6.45) is 5.22. The Labute approximate surface area is 164 Å². The van der Waals surface area contributed by atoms with Crippen LogP contribution in [0.4, 0.5) is 5.00 Å². The van der Waals surface area contributed by atoms with Gasteiger partial charge in [-0.25, -0.2) is 21.8 Å². The van der Waals surface area contributed by atoms with Crippen molar-refractivity contribution < 1.29 is 16.8 Å². The molecule has 9 heteroatoms. The molecule has 0 radical (unpaired) electrons. The van der Waals surface area contributed by atoms with Crippen molar-refractivity contribution in [2.75, 3.05) is 11.1 Å². The van der Waals surface area contributed by atoms with Gasteiger partial charge in [0, 0.05) is 6.04 Å². The summed E-state index contributed by atoms with van der Waals surface area (Å²) in [6, 6.07) is 6.64. The Hall–Kier alpha value is -1.45. The van der Waals surface area contributed by atoms with Gasteiger partial charge < -0.3 is 5.32 Å². The standard InChI is InChI=1S/C18H24N2O4S3/c1-3-26(21,22)18-20-17(16(25-18)19-14-7-5-4-6-8-14)27(23,24)15-11-9-13(2)10-12-15/h9-12,14,19H,3-8H2,1-2H3. The maximum absolute atomic E-state index is 13.1. The Morgan fingerprint density at radius 3 is 2.30 bits per heavy atom. The lowest BCUT2D eigenvalue weighted by atomic mass is 9.96. The van der Waals surface area contributed by atoms with Gasteiger partial charge in [-0.3, -0.25) is 0 Å². The molecule has 0 saturated heterocycles. The van der Waals surface area contributed by atoms with Crippen LogP contribution in [0.3, 0.4) is 0 Å². The summed E-state index contributed by atoms with van der Waals surface area (Å²) < 4.78 is 50.7. The molecule has 1 aliphatic rings. The van der Waals surface area contributed by atoms with E-state index in [4.69, 9.17) is 0 Å². The zero-order valence-electron chi connectivity index (χ0n) is 15.4. The maximum Gasteiger partial charge on any atom is 0.226 e. The second kappa shape index (κ2) is 7.89. The van der Waals surface area contributed by atoms with Crippen LogP contribution in [0.5, 0.6) is 0 Å². The molecule has 1 saturated carbocycles. The number of aromatic nitrogens is 1. The average Bonchev–Trinajstić information content (AvgIpc) is 3.08. The first-order valence-corrected chi connectivity index (χ1v) is 13.0. The van der Waals surface area contributed by atoms with E-state index in [0.717, 1.165) is 42.6 Å². The van der Waals surface area contributed by atoms with Crippen LogP contribution >= 0.6 is 11.3 Å². The fraction of sp³-hybridized carbons (Fsp3) is 0.500. The first kappa shape index (κ1) is 20.3. The lowest BCUT2D eigenvalue weighted by molar-refractivity contribution is 0.462. The van der Waals surface area contributed by atoms with E-state index < -0.39 is 19.7 Å². The van der Waals surface area contributed by atoms with Gasteiger partial charge in [-0.2, -0.15) is 0 Å². The number of thiazole rings is 1. The topological polar surface area (TPSA) is 93.2 Å². The number of nitrogens with one attached hydrogen (secondary N) is 1. The monoisotopic (exact) mass is 428 g/mol. The van der Waals surface area contributed by atoms with Gasteiger partial charge in [0.1, 0.15) is 5.00 Å². The quantitative estimate of drug-likeness (QED) is 0.752. The highest BCUT2D eigenvalue weighted by Gasteiger charge is 2.31. The summed E-state index contributed by atoms with van der Waals surface area (Å²) in [6.45, 7) is 3.40. The fourth-order valence-corrected chi connectivity index (χ4v) is 7.14. The lowest BCUT2D eigenvalue weighted by Gasteiger charge is -2.23. The second-order valence-electron chi connectivity index (χ2n) is 6.81. The van der Waals surface area contributed by atoms with Gasteiger partial charge in [0.2, 0.25) is 24.0 Å². The number of rotatable bonds is 6. The van der Waals surface area contributed by atoms with Crippen molar-refractivity contribution in [3.63, 3.8) is 0 Å². The zero-order valence-corrected chi connectivity index (χ0v) is 17.9. The van der Waals surface area contributed by atoms with Gasteiger partial charge in [-0.15, -0.1) is 0 Å². The van der Waals surface area contributed by atoms with Crippen LogP contribution in [0.2, 0.25) is 0 Å². The molecule has 148 valence electrons. The van der Waals surface area contributed by atoms with E-state index in [1.807, 2.05) is 6.92 Å². The Morgan fingerprint density at radius 1 is 1.07 bits per heavy atom. The molecule has 0 unspecified atom stereocenters. The van der Waals surface area contributed by atoms with Crippen LogP contribution in [0, 0.1) is 6.92 Å². The molecule has 1 heterocycles. The molecule has 1 aromatic carbocycles. The highest BCUT2D eigenvalue weighted by Crippen LogP contribution is 2.36. The Bertz CT molecular complexity index is 1000. The number of anilines is 1. The van der Waals surface area contributed by atoms with Crippen LogP contribution in [-0.2, 0) is 19.7 Å². The summed E-state index contributed by atoms with van der Waals surface area (Å²) >= 11 is 0.920. The van der Waals surface area contributed by atoms with Gasteiger partial charge in [0.15, 0.2) is 5.03 Å². The molecule has 2 aromatic rings. The molecule has 1 aliphatic carbocycles. The summed E-state index contributed by atoms with van der Waals surface area (Å²) in [5, 5.41) is 3.41. The van der Waals surface area contributed by atoms with Gasteiger partial charge in [-0.05, 0) is 31.9 Å². The molecule has 0 atom stereocenters. The van der Waals surface area contributed by atoms with E-state index >= 15 is 0 Å². The lowest BCUT2D eigenvalue weighted by Crippen LogP contribution is -2.22. The van der Waals surface area contributed by atoms with Gasteiger partial charge in [0.25, 0.3) is 0 Å². The summed E-state index contributed by atoms with van der Waals surface area (Å²) in [5.74, 6) is -0.118. The van der Waals surface area contributed by atoms with Crippen molar-refractivity contribution in [1.29, 1.82) is 0 Å². The molecule has 6 nitrogen and oxygen atoms in total. The average molecular weight is 429 g/mol. The van der Waals surface area contributed by atoms with Crippen LogP contribution in [0.15, 0.2) is 38.5 Å². The first-order valence-electron chi connectivity index (χ1n) is 9.06. The normalized spacial score (nSPS) is 16.4. The predicted molar refractivity (Wildman–Crippen MR) is 107 cm³/mol. The SMILES string of the molecule is CCS(=O)(=O)c1nc(S(=O)(=O)c2ccc(C)cc2)c(NC2CCCCC2)s1. The minimum Gasteiger partial charge on any atom is -0.372 e. The van der Waals surface area contributed by atoms with Crippen LogP contribution < -0.4 is 5.32 Å². The molecule has 0 bridgehead atoms. The van der Waals surface area contributed by atoms with Crippen LogP contribution in [0.25, 0.3) is 0 Å². The van der Waals surface area contributed by atoms with E-state index in [-0.39, 0.29) is 26.1 Å². The van der Waals surface area contributed by atoms with Crippen molar-refractivity contribution in [2.45, 2.75) is 66.3 Å². The van der Waals surface area contributed by atoms with E-state index in [2.05, 4.69) is 10.3 Å². The van der Waals surface area contributed by atoms with Crippen molar-refractivity contribution >= 4 is 36.0 Å². The Balaban J connectivity index is 2.07. The fourth-order valence-electron chi connectivity index (χ4n) is 3.08. The van der Waals surface area contributed by atoms with E-state index in [1.165, 1.54) is 25.5 Å². The smallest absolute Gasteiger partial charge is 0.226 e. The number of sulfone groups is 2. The highest BCUT2D eigenvalue weighted by molar-refractivity contribution is 7.94. The second-order valence-corrected chi connectivity index (χ2v) is 12.1. The van der Waals surface area contributed by atoms with E-state index in [1.54, 1.807) is 12.1 Å². The molecule has 0 spiro atoms. The van der Waals surface area contributed by atoms with Gasteiger partial charge >= 0.3 is 0 Å². The molecular formula is C18H24N2O4S3. The minimum absolute atomic E-state index is 0.116. The third kappa shape index (κ3) is 4.35. The number of nitrogens with zero attached hydrogens (tertiary/aromatic N) is 1. The van der Waals surface area contributed by atoms with Crippen molar-refractivity contribution in [3.05, 3.63) is 29.8 Å². The predicted octanol–water partition coefficient (Wildman–Crippen LogP) is 3.82. The number of aryl methyl sites for hydroxylation is 1. The number of hydrogen-bond acceptors (Lipinski definition) is 7. The Morgan fingerprint density at radius 2 is 1.70 bits per heavy atom. The summed E-state index contributed by atoms with van der Waals surface area (Å²) in [7, 11) is -7.50. The first-order chi connectivity index (χ1) is 12.7. The number of benzene rings is 1. The van der Waals surface area contributed by atoms with Crippen LogP contribution in [0.1, 0.15) is 44.6 Å². The zero-order chi connectivity index (χ0) is 19.7. The Kier molecular flexibility index (Phi) is 5.93. The van der Waals surface area contributed by atoms with Gasteiger partial charge in [0.05, 0.1) is 10.6 Å². The van der Waals surface area contributed by atoms with Crippen molar-refractivity contribution in [3.8, 4) is 0 Å². The molecule has 0 amide bonds. The summed E-state index contributed by atoms with van der Waals surface area (Å²) in [5.41, 5.74) is 0.946. The number of hydrogen-bond donors (Lipinski definition) is 1. The largest absolute Gasteiger partial charge is 0.372 e. The molecule has 1 aromatic heterocycles. The molecule has 3 rings (SSSR count). The third-order valence-corrected chi connectivity index (χ3v) is 9.75. The minimum atomic E-state index is -3.91. The summed E-state index contributed by atoms with van der Waals surface area (Å²) in [4.78, 5) is 4.19.